The molecule has 0 saturated heterocycles. The maximum atomic E-state index is 11.4. The first-order valence-electron chi connectivity index (χ1n) is 7.20. The van der Waals surface area contributed by atoms with Crippen molar-refractivity contribution in [1.29, 1.82) is 0 Å². The number of carbonyl (C=O) groups is 1. The van der Waals surface area contributed by atoms with E-state index in [0.29, 0.717) is 19.8 Å². The van der Waals surface area contributed by atoms with Crippen LogP contribution >= 0.6 is 0 Å². The Morgan fingerprint density at radius 1 is 1.15 bits per heavy atom. The van der Waals surface area contributed by atoms with Crippen molar-refractivity contribution in [2.45, 2.75) is 19.4 Å². The Kier molecular flexibility index (Phi) is 4.06. The van der Waals surface area contributed by atoms with Crippen molar-refractivity contribution in [3.8, 4) is 11.5 Å². The van der Waals surface area contributed by atoms with Crippen LogP contribution in [0.15, 0.2) is 18.2 Å². The molecule has 0 atom stereocenters. The second-order valence-electron chi connectivity index (χ2n) is 5.22. The van der Waals surface area contributed by atoms with Gasteiger partial charge in [-0.1, -0.05) is 6.07 Å². The first kappa shape index (κ1) is 13.2. The molecule has 1 fully saturated rings. The summed E-state index contributed by atoms with van der Waals surface area (Å²) in [6.07, 6.45) is 2.10. The van der Waals surface area contributed by atoms with Gasteiger partial charge >= 0.3 is 0 Å². The molecule has 1 aliphatic heterocycles. The average molecular weight is 276 g/mol. The molecule has 0 spiro atoms. The van der Waals surface area contributed by atoms with Crippen molar-refractivity contribution in [3.63, 3.8) is 0 Å². The molecule has 0 aromatic heterocycles. The summed E-state index contributed by atoms with van der Waals surface area (Å²) in [5.74, 6) is 2.12. The number of benzene rings is 1. The Bertz CT molecular complexity index is 486. The molecule has 1 heterocycles. The third kappa shape index (κ3) is 3.42. The topological polar surface area (TPSA) is 59.6 Å². The van der Waals surface area contributed by atoms with E-state index in [1.165, 1.54) is 0 Å². The van der Waals surface area contributed by atoms with Crippen LogP contribution in [0.4, 0.5) is 0 Å². The highest BCUT2D eigenvalue weighted by molar-refractivity contribution is 5.80. The summed E-state index contributed by atoms with van der Waals surface area (Å²) >= 11 is 0. The van der Waals surface area contributed by atoms with Gasteiger partial charge in [0, 0.05) is 25.6 Å². The maximum absolute atomic E-state index is 11.4. The zero-order valence-corrected chi connectivity index (χ0v) is 11.5. The SMILES string of the molecule is O=C(NCCNCc1ccc2c(c1)OCCO2)C1CC1. The highest BCUT2D eigenvalue weighted by atomic mass is 16.6. The molecule has 0 unspecified atom stereocenters. The molecule has 1 aliphatic carbocycles. The fourth-order valence-corrected chi connectivity index (χ4v) is 2.19. The van der Waals surface area contributed by atoms with E-state index in [1.807, 2.05) is 18.2 Å². The highest BCUT2D eigenvalue weighted by Gasteiger charge is 2.28. The molecule has 108 valence electrons. The maximum Gasteiger partial charge on any atom is 0.223 e. The van der Waals surface area contributed by atoms with Crippen LogP contribution in [0, 0.1) is 5.92 Å². The smallest absolute Gasteiger partial charge is 0.223 e. The summed E-state index contributed by atoms with van der Waals surface area (Å²) in [6, 6.07) is 5.98. The summed E-state index contributed by atoms with van der Waals surface area (Å²) < 4.78 is 11.0. The fourth-order valence-electron chi connectivity index (χ4n) is 2.19. The van der Waals surface area contributed by atoms with Crippen LogP contribution in [0.5, 0.6) is 11.5 Å². The van der Waals surface area contributed by atoms with Crippen molar-refractivity contribution >= 4 is 5.91 Å². The molecular formula is C15H20N2O3. The summed E-state index contributed by atoms with van der Waals surface area (Å²) in [6.45, 7) is 3.44. The van der Waals surface area contributed by atoms with Crippen LogP contribution in [-0.2, 0) is 11.3 Å². The Morgan fingerprint density at radius 3 is 2.75 bits per heavy atom. The van der Waals surface area contributed by atoms with E-state index in [2.05, 4.69) is 10.6 Å². The Hall–Kier alpha value is -1.75. The van der Waals surface area contributed by atoms with Crippen molar-refractivity contribution in [3.05, 3.63) is 23.8 Å². The number of rotatable bonds is 6. The van der Waals surface area contributed by atoms with Crippen LogP contribution < -0.4 is 20.1 Å². The van der Waals surface area contributed by atoms with Gasteiger partial charge in [-0.25, -0.2) is 0 Å². The molecule has 0 radical (unpaired) electrons. The van der Waals surface area contributed by atoms with Crippen LogP contribution in [-0.4, -0.2) is 32.2 Å². The lowest BCUT2D eigenvalue weighted by Gasteiger charge is -2.19. The van der Waals surface area contributed by atoms with Gasteiger partial charge in [0.05, 0.1) is 0 Å². The summed E-state index contributed by atoms with van der Waals surface area (Å²) in [4.78, 5) is 11.4. The van der Waals surface area contributed by atoms with Gasteiger partial charge in [0.15, 0.2) is 11.5 Å². The Labute approximate surface area is 118 Å². The molecule has 1 saturated carbocycles. The number of hydrogen-bond donors (Lipinski definition) is 2. The minimum absolute atomic E-state index is 0.200. The van der Waals surface area contributed by atoms with E-state index < -0.39 is 0 Å². The van der Waals surface area contributed by atoms with E-state index in [9.17, 15) is 4.79 Å². The van der Waals surface area contributed by atoms with Crippen molar-refractivity contribution < 1.29 is 14.3 Å². The van der Waals surface area contributed by atoms with E-state index in [4.69, 9.17) is 9.47 Å². The number of nitrogens with one attached hydrogen (secondary N) is 2. The lowest BCUT2D eigenvalue weighted by atomic mass is 10.2. The average Bonchev–Trinajstić information content (AvgIpc) is 3.31. The second-order valence-corrected chi connectivity index (χ2v) is 5.22. The minimum Gasteiger partial charge on any atom is -0.486 e. The predicted octanol–water partition coefficient (Wildman–Crippen LogP) is 1.07. The fraction of sp³-hybridized carbons (Fsp3) is 0.533. The predicted molar refractivity (Wildman–Crippen MR) is 74.9 cm³/mol. The number of carbonyl (C=O) groups excluding carboxylic acids is 1. The first-order valence-corrected chi connectivity index (χ1v) is 7.20. The molecule has 1 amide bonds. The van der Waals surface area contributed by atoms with Crippen molar-refractivity contribution in [1.82, 2.24) is 10.6 Å². The van der Waals surface area contributed by atoms with Gasteiger partial charge in [0.25, 0.3) is 0 Å². The number of amides is 1. The lowest BCUT2D eigenvalue weighted by molar-refractivity contribution is -0.122. The first-order chi connectivity index (χ1) is 9.83. The van der Waals surface area contributed by atoms with Gasteiger partial charge in [-0.05, 0) is 30.5 Å². The van der Waals surface area contributed by atoms with Crippen molar-refractivity contribution in [2.75, 3.05) is 26.3 Å². The number of fused-ring (bicyclic) bond motifs is 1. The van der Waals surface area contributed by atoms with E-state index >= 15 is 0 Å². The Balaban J connectivity index is 1.38. The molecule has 5 heteroatoms. The molecule has 1 aromatic rings. The van der Waals surface area contributed by atoms with Gasteiger partial charge in [-0.3, -0.25) is 4.79 Å². The van der Waals surface area contributed by atoms with Crippen molar-refractivity contribution in [2.24, 2.45) is 5.92 Å². The number of ether oxygens (including phenoxy) is 2. The molecule has 20 heavy (non-hydrogen) atoms. The molecule has 2 N–H and O–H groups in total. The third-order valence-electron chi connectivity index (χ3n) is 3.48. The largest absolute Gasteiger partial charge is 0.486 e. The van der Waals surface area contributed by atoms with Gasteiger partial charge in [0.2, 0.25) is 5.91 Å². The van der Waals surface area contributed by atoms with Gasteiger partial charge in [-0.15, -0.1) is 0 Å². The quantitative estimate of drug-likeness (QED) is 0.763. The second kappa shape index (κ2) is 6.13. The van der Waals surface area contributed by atoms with Gasteiger partial charge in [-0.2, -0.15) is 0 Å². The van der Waals surface area contributed by atoms with Crippen LogP contribution in [0.1, 0.15) is 18.4 Å². The van der Waals surface area contributed by atoms with Crippen LogP contribution in [0.3, 0.4) is 0 Å². The van der Waals surface area contributed by atoms with Crippen LogP contribution in [0.2, 0.25) is 0 Å². The van der Waals surface area contributed by atoms with Crippen LogP contribution in [0.25, 0.3) is 0 Å². The summed E-state index contributed by atoms with van der Waals surface area (Å²) in [5, 5.41) is 6.25. The zero-order valence-electron chi connectivity index (χ0n) is 11.5. The zero-order chi connectivity index (χ0) is 13.8. The number of hydrogen-bond acceptors (Lipinski definition) is 4. The molecule has 2 aliphatic rings. The molecular weight excluding hydrogens is 256 g/mol. The molecule has 1 aromatic carbocycles. The molecule has 3 rings (SSSR count). The lowest BCUT2D eigenvalue weighted by Crippen LogP contribution is -2.32. The third-order valence-corrected chi connectivity index (χ3v) is 3.48. The minimum atomic E-state index is 0.200. The molecule has 5 nitrogen and oxygen atoms in total. The monoisotopic (exact) mass is 276 g/mol. The van der Waals surface area contributed by atoms with Gasteiger partial charge < -0.3 is 20.1 Å². The Morgan fingerprint density at radius 2 is 1.95 bits per heavy atom. The summed E-state index contributed by atoms with van der Waals surface area (Å²) in [5.41, 5.74) is 1.16. The van der Waals surface area contributed by atoms with E-state index in [-0.39, 0.29) is 11.8 Å². The van der Waals surface area contributed by atoms with E-state index in [0.717, 1.165) is 43.0 Å². The highest BCUT2D eigenvalue weighted by Crippen LogP contribution is 2.30. The summed E-state index contributed by atoms with van der Waals surface area (Å²) in [7, 11) is 0. The molecule has 0 bridgehead atoms. The van der Waals surface area contributed by atoms with E-state index in [1.54, 1.807) is 0 Å². The normalized spacial score (nSPS) is 16.8. The van der Waals surface area contributed by atoms with Gasteiger partial charge in [0.1, 0.15) is 13.2 Å². The standard InChI is InChI=1S/C15H20N2O3/c18-15(12-2-3-12)17-6-5-16-10-11-1-4-13-14(9-11)20-8-7-19-13/h1,4,9,12,16H,2-3,5-8,10H2,(H,17,18).